The highest BCUT2D eigenvalue weighted by molar-refractivity contribution is 7.99. The standard InChI is InChI=1S/C16H15FO3S/c1-19-16(18)12-5-4-6-13(11-12)20-9-10-21-15-8-3-2-7-14(15)17/h2-8,11H,9-10H2,1H3. The Labute approximate surface area is 127 Å². The average Bonchev–Trinajstić information content (AvgIpc) is 2.52. The van der Waals surface area contributed by atoms with Crippen molar-refractivity contribution in [2.24, 2.45) is 0 Å². The Bertz CT molecular complexity index is 616. The zero-order chi connectivity index (χ0) is 15.1. The number of benzene rings is 2. The van der Waals surface area contributed by atoms with Gasteiger partial charge in [-0.1, -0.05) is 18.2 Å². The van der Waals surface area contributed by atoms with E-state index < -0.39 is 5.97 Å². The lowest BCUT2D eigenvalue weighted by molar-refractivity contribution is 0.0600. The summed E-state index contributed by atoms with van der Waals surface area (Å²) in [5.41, 5.74) is 0.441. The third-order valence-electron chi connectivity index (χ3n) is 2.70. The van der Waals surface area contributed by atoms with Crippen LogP contribution in [-0.4, -0.2) is 25.4 Å². The molecule has 0 spiro atoms. The monoisotopic (exact) mass is 306 g/mol. The van der Waals surface area contributed by atoms with Crippen LogP contribution in [0.15, 0.2) is 53.4 Å². The molecule has 2 rings (SSSR count). The van der Waals surface area contributed by atoms with Crippen LogP contribution in [0.2, 0.25) is 0 Å². The van der Waals surface area contributed by atoms with Gasteiger partial charge in [0.1, 0.15) is 11.6 Å². The van der Waals surface area contributed by atoms with E-state index in [0.717, 1.165) is 0 Å². The Hall–Kier alpha value is -2.01. The second-order valence-corrected chi connectivity index (χ2v) is 5.28. The second-order valence-electron chi connectivity index (χ2n) is 4.15. The summed E-state index contributed by atoms with van der Waals surface area (Å²) >= 11 is 1.39. The zero-order valence-electron chi connectivity index (χ0n) is 11.5. The van der Waals surface area contributed by atoms with Gasteiger partial charge >= 0.3 is 5.97 Å². The quantitative estimate of drug-likeness (QED) is 0.462. The van der Waals surface area contributed by atoms with Crippen LogP contribution in [-0.2, 0) is 4.74 Å². The number of rotatable bonds is 6. The van der Waals surface area contributed by atoms with Crippen molar-refractivity contribution in [1.82, 2.24) is 0 Å². The van der Waals surface area contributed by atoms with Gasteiger partial charge in [0.25, 0.3) is 0 Å². The Morgan fingerprint density at radius 3 is 2.76 bits per heavy atom. The maximum Gasteiger partial charge on any atom is 0.337 e. The van der Waals surface area contributed by atoms with Gasteiger partial charge in [-0.05, 0) is 30.3 Å². The van der Waals surface area contributed by atoms with E-state index >= 15 is 0 Å². The topological polar surface area (TPSA) is 35.5 Å². The van der Waals surface area contributed by atoms with Crippen molar-refractivity contribution < 1.29 is 18.7 Å². The molecule has 0 aliphatic heterocycles. The van der Waals surface area contributed by atoms with E-state index in [4.69, 9.17) is 4.74 Å². The molecule has 0 amide bonds. The lowest BCUT2D eigenvalue weighted by Crippen LogP contribution is -2.04. The predicted molar refractivity (Wildman–Crippen MR) is 80.4 cm³/mol. The number of thioether (sulfide) groups is 1. The molecule has 0 bridgehead atoms. The van der Waals surface area contributed by atoms with Gasteiger partial charge in [0.05, 0.1) is 19.3 Å². The molecule has 2 aromatic rings. The lowest BCUT2D eigenvalue weighted by atomic mass is 10.2. The minimum atomic E-state index is -0.402. The molecular formula is C16H15FO3S. The van der Waals surface area contributed by atoms with Crippen LogP contribution >= 0.6 is 11.8 Å². The highest BCUT2D eigenvalue weighted by Gasteiger charge is 2.06. The largest absolute Gasteiger partial charge is 0.493 e. The number of halogens is 1. The van der Waals surface area contributed by atoms with Gasteiger partial charge in [-0.2, -0.15) is 0 Å². The average molecular weight is 306 g/mol. The van der Waals surface area contributed by atoms with Crippen LogP contribution in [0.1, 0.15) is 10.4 Å². The summed E-state index contributed by atoms with van der Waals surface area (Å²) in [5.74, 6) is 0.576. The molecule has 0 aliphatic carbocycles. The summed E-state index contributed by atoms with van der Waals surface area (Å²) in [5, 5.41) is 0. The molecule has 3 nitrogen and oxygen atoms in total. The van der Waals surface area contributed by atoms with Crippen molar-refractivity contribution in [3.63, 3.8) is 0 Å². The summed E-state index contributed by atoms with van der Waals surface area (Å²) in [4.78, 5) is 12.0. The normalized spacial score (nSPS) is 10.2. The zero-order valence-corrected chi connectivity index (χ0v) is 12.4. The van der Waals surface area contributed by atoms with E-state index in [1.54, 1.807) is 42.5 Å². The van der Waals surface area contributed by atoms with Gasteiger partial charge in [0.2, 0.25) is 0 Å². The van der Waals surface area contributed by atoms with Gasteiger partial charge < -0.3 is 9.47 Å². The molecule has 2 aromatic carbocycles. The minimum Gasteiger partial charge on any atom is -0.493 e. The molecule has 0 unspecified atom stereocenters. The number of carbonyl (C=O) groups excluding carboxylic acids is 1. The molecule has 110 valence electrons. The highest BCUT2D eigenvalue weighted by Crippen LogP contribution is 2.21. The lowest BCUT2D eigenvalue weighted by Gasteiger charge is -2.07. The molecule has 0 heterocycles. The molecule has 0 radical (unpaired) electrons. The molecule has 0 aliphatic rings. The molecular weight excluding hydrogens is 291 g/mol. The van der Waals surface area contributed by atoms with Crippen molar-refractivity contribution in [2.75, 3.05) is 19.5 Å². The van der Waals surface area contributed by atoms with Gasteiger partial charge in [-0.3, -0.25) is 0 Å². The first kappa shape index (κ1) is 15.4. The molecule has 0 fully saturated rings. The first-order chi connectivity index (χ1) is 10.2. The van der Waals surface area contributed by atoms with Crippen molar-refractivity contribution in [2.45, 2.75) is 4.90 Å². The summed E-state index contributed by atoms with van der Waals surface area (Å²) in [6.07, 6.45) is 0. The minimum absolute atomic E-state index is 0.227. The van der Waals surface area contributed by atoms with Crippen LogP contribution in [0.5, 0.6) is 5.75 Å². The van der Waals surface area contributed by atoms with E-state index in [1.165, 1.54) is 24.9 Å². The summed E-state index contributed by atoms with van der Waals surface area (Å²) in [7, 11) is 1.33. The Morgan fingerprint density at radius 1 is 1.19 bits per heavy atom. The van der Waals surface area contributed by atoms with Crippen LogP contribution in [0.4, 0.5) is 4.39 Å². The number of carbonyl (C=O) groups is 1. The molecule has 5 heteroatoms. The van der Waals surface area contributed by atoms with Gasteiger partial charge in [0.15, 0.2) is 0 Å². The van der Waals surface area contributed by atoms with Crippen molar-refractivity contribution in [3.8, 4) is 5.75 Å². The third-order valence-corrected chi connectivity index (χ3v) is 3.71. The summed E-state index contributed by atoms with van der Waals surface area (Å²) in [6, 6.07) is 13.4. The van der Waals surface area contributed by atoms with E-state index in [0.29, 0.717) is 28.6 Å². The SMILES string of the molecule is COC(=O)c1cccc(OCCSc2ccccc2F)c1. The maximum atomic E-state index is 13.4. The van der Waals surface area contributed by atoms with Crippen molar-refractivity contribution >= 4 is 17.7 Å². The molecule has 0 N–H and O–H groups in total. The van der Waals surface area contributed by atoms with Crippen molar-refractivity contribution in [1.29, 1.82) is 0 Å². The molecule has 0 atom stereocenters. The van der Waals surface area contributed by atoms with Crippen molar-refractivity contribution in [3.05, 3.63) is 59.9 Å². The summed E-state index contributed by atoms with van der Waals surface area (Å²) in [6.45, 7) is 0.420. The van der Waals surface area contributed by atoms with Crippen LogP contribution in [0, 0.1) is 5.82 Å². The number of methoxy groups -OCH3 is 1. The smallest absolute Gasteiger partial charge is 0.337 e. The van der Waals surface area contributed by atoms with Crippen LogP contribution < -0.4 is 4.74 Å². The molecule has 21 heavy (non-hydrogen) atoms. The summed E-state index contributed by atoms with van der Waals surface area (Å²) < 4.78 is 23.6. The van der Waals surface area contributed by atoms with E-state index in [-0.39, 0.29) is 5.82 Å². The van der Waals surface area contributed by atoms with E-state index in [9.17, 15) is 9.18 Å². The number of ether oxygens (including phenoxy) is 2. The van der Waals surface area contributed by atoms with Gasteiger partial charge in [-0.15, -0.1) is 11.8 Å². The predicted octanol–water partition coefficient (Wildman–Crippen LogP) is 3.78. The first-order valence-electron chi connectivity index (χ1n) is 6.39. The number of hydrogen-bond donors (Lipinski definition) is 0. The van der Waals surface area contributed by atoms with Gasteiger partial charge in [-0.25, -0.2) is 9.18 Å². The highest BCUT2D eigenvalue weighted by atomic mass is 32.2. The second kappa shape index (κ2) is 7.69. The Morgan fingerprint density at radius 2 is 2.00 bits per heavy atom. The van der Waals surface area contributed by atoms with E-state index in [2.05, 4.69) is 4.74 Å². The fourth-order valence-electron chi connectivity index (χ4n) is 1.70. The number of hydrogen-bond acceptors (Lipinski definition) is 4. The van der Waals surface area contributed by atoms with Crippen LogP contribution in [0.25, 0.3) is 0 Å². The number of esters is 1. The maximum absolute atomic E-state index is 13.4. The van der Waals surface area contributed by atoms with Gasteiger partial charge in [0, 0.05) is 10.6 Å². The first-order valence-corrected chi connectivity index (χ1v) is 7.38. The van der Waals surface area contributed by atoms with E-state index in [1.807, 2.05) is 0 Å². The van der Waals surface area contributed by atoms with Crippen LogP contribution in [0.3, 0.4) is 0 Å². The molecule has 0 aromatic heterocycles. The fraction of sp³-hybridized carbons (Fsp3) is 0.188. The fourth-order valence-corrected chi connectivity index (χ4v) is 2.47. The third kappa shape index (κ3) is 4.49. The Kier molecular flexibility index (Phi) is 5.63. The Balaban J connectivity index is 1.84. The molecule has 0 saturated heterocycles. The molecule has 0 saturated carbocycles.